The molecule has 6 heteroatoms. The molecule has 2 rings (SSSR count). The van der Waals surface area contributed by atoms with Gasteiger partial charge in [0.2, 0.25) is 0 Å². The van der Waals surface area contributed by atoms with Crippen LogP contribution >= 0.6 is 23.8 Å². The lowest BCUT2D eigenvalue weighted by atomic mass is 9.93. The molecule has 0 bridgehead atoms. The molecule has 0 aromatic heterocycles. The van der Waals surface area contributed by atoms with Gasteiger partial charge >= 0.3 is 0 Å². The van der Waals surface area contributed by atoms with Crippen LogP contribution in [0.5, 0.6) is 5.75 Å². The van der Waals surface area contributed by atoms with Crippen LogP contribution in [-0.2, 0) is 4.79 Å². The standard InChI is InChI=1S/C22H31ClN2O2S/c1-4-5-6-7-8-9-10-13-27-19-12-11-17(14-18(19)23)21-20(16(3)26)15(2)24-22(28)25-21/h11-12,14,21H,4-10,13H2,1-3H3,(H2,24,25,28). The van der Waals surface area contributed by atoms with Crippen molar-refractivity contribution < 1.29 is 9.53 Å². The molecule has 0 saturated heterocycles. The highest BCUT2D eigenvalue weighted by molar-refractivity contribution is 7.80. The molecule has 1 aliphatic rings. The molecule has 0 amide bonds. The van der Waals surface area contributed by atoms with E-state index in [0.29, 0.717) is 28.1 Å². The fourth-order valence-electron chi connectivity index (χ4n) is 3.47. The summed E-state index contributed by atoms with van der Waals surface area (Å²) in [5, 5.41) is 7.23. The van der Waals surface area contributed by atoms with Crippen LogP contribution in [0.2, 0.25) is 5.02 Å². The number of nitrogens with one attached hydrogen (secondary N) is 2. The number of Topliss-reactive ketones (excluding diaryl/α,β-unsaturated/α-hetero) is 1. The van der Waals surface area contributed by atoms with E-state index < -0.39 is 0 Å². The van der Waals surface area contributed by atoms with Crippen molar-refractivity contribution in [3.05, 3.63) is 40.1 Å². The maximum absolute atomic E-state index is 12.1. The van der Waals surface area contributed by atoms with Gasteiger partial charge in [0.1, 0.15) is 5.75 Å². The summed E-state index contributed by atoms with van der Waals surface area (Å²) >= 11 is 11.7. The Hall–Kier alpha value is -1.59. The summed E-state index contributed by atoms with van der Waals surface area (Å²) in [5.41, 5.74) is 2.33. The van der Waals surface area contributed by atoms with Gasteiger partial charge < -0.3 is 15.4 Å². The van der Waals surface area contributed by atoms with Crippen molar-refractivity contribution in [3.63, 3.8) is 0 Å². The van der Waals surface area contributed by atoms with Gasteiger partial charge in [-0.3, -0.25) is 4.79 Å². The molecule has 4 nitrogen and oxygen atoms in total. The lowest BCUT2D eigenvalue weighted by molar-refractivity contribution is -0.114. The van der Waals surface area contributed by atoms with E-state index in [-0.39, 0.29) is 11.8 Å². The molecule has 0 radical (unpaired) electrons. The van der Waals surface area contributed by atoms with Gasteiger partial charge in [-0.15, -0.1) is 0 Å². The lowest BCUT2D eigenvalue weighted by Crippen LogP contribution is -2.44. The minimum atomic E-state index is -0.305. The molecule has 1 aromatic rings. The first-order valence-electron chi connectivity index (χ1n) is 10.2. The second kappa shape index (κ2) is 11.4. The van der Waals surface area contributed by atoms with Gasteiger partial charge in [-0.25, -0.2) is 0 Å². The van der Waals surface area contributed by atoms with E-state index in [0.717, 1.165) is 17.7 Å². The number of rotatable bonds is 11. The van der Waals surface area contributed by atoms with Gasteiger partial charge in [-0.05, 0) is 50.2 Å². The predicted octanol–water partition coefficient (Wildman–Crippen LogP) is 5.85. The number of hydrogen-bond acceptors (Lipinski definition) is 3. The van der Waals surface area contributed by atoms with E-state index in [9.17, 15) is 4.79 Å². The molecule has 1 aliphatic heterocycles. The third-order valence-electron chi connectivity index (χ3n) is 4.94. The van der Waals surface area contributed by atoms with Crippen LogP contribution in [0.1, 0.15) is 77.3 Å². The van der Waals surface area contributed by atoms with E-state index in [4.69, 9.17) is 28.6 Å². The number of halogens is 1. The SMILES string of the molecule is CCCCCCCCCOc1ccc(C2NC(=S)NC(C)=C2C(C)=O)cc1Cl. The highest BCUT2D eigenvalue weighted by Gasteiger charge is 2.28. The van der Waals surface area contributed by atoms with Crippen LogP contribution in [0.25, 0.3) is 0 Å². The normalized spacial score (nSPS) is 16.6. The summed E-state index contributed by atoms with van der Waals surface area (Å²) in [7, 11) is 0. The van der Waals surface area contributed by atoms with Crippen LogP contribution in [0, 0.1) is 0 Å². The van der Waals surface area contributed by atoms with Crippen LogP contribution in [-0.4, -0.2) is 17.5 Å². The number of carbonyl (C=O) groups excluding carboxylic acids is 1. The van der Waals surface area contributed by atoms with E-state index in [2.05, 4.69) is 17.6 Å². The summed E-state index contributed by atoms with van der Waals surface area (Å²) in [4.78, 5) is 12.1. The van der Waals surface area contributed by atoms with Crippen LogP contribution in [0.3, 0.4) is 0 Å². The van der Waals surface area contributed by atoms with Crippen molar-refractivity contribution in [2.24, 2.45) is 0 Å². The first-order valence-corrected chi connectivity index (χ1v) is 10.9. The first-order chi connectivity index (χ1) is 13.4. The van der Waals surface area contributed by atoms with Crippen molar-refractivity contribution in [3.8, 4) is 5.75 Å². The Kier molecular flexibility index (Phi) is 9.26. The molecule has 0 spiro atoms. The summed E-state index contributed by atoms with van der Waals surface area (Å²) in [5.74, 6) is 0.679. The third-order valence-corrected chi connectivity index (χ3v) is 5.46. The molecular weight excluding hydrogens is 392 g/mol. The zero-order chi connectivity index (χ0) is 20.5. The van der Waals surface area contributed by atoms with E-state index in [1.165, 1.54) is 38.5 Å². The van der Waals surface area contributed by atoms with Crippen molar-refractivity contribution in [2.45, 2.75) is 71.8 Å². The predicted molar refractivity (Wildman–Crippen MR) is 120 cm³/mol. The Morgan fingerprint density at radius 3 is 2.50 bits per heavy atom. The fourth-order valence-corrected chi connectivity index (χ4v) is 3.98. The number of carbonyl (C=O) groups is 1. The third kappa shape index (κ3) is 6.49. The first kappa shape index (κ1) is 22.7. The number of hydrogen-bond donors (Lipinski definition) is 2. The van der Waals surface area contributed by atoms with Gasteiger partial charge in [0.25, 0.3) is 0 Å². The van der Waals surface area contributed by atoms with E-state index in [1.807, 2.05) is 25.1 Å². The maximum Gasteiger partial charge on any atom is 0.171 e. The van der Waals surface area contributed by atoms with Gasteiger partial charge in [0.15, 0.2) is 10.9 Å². The molecule has 1 aromatic carbocycles. The van der Waals surface area contributed by atoms with Gasteiger partial charge in [-0.1, -0.05) is 63.1 Å². The summed E-state index contributed by atoms with van der Waals surface area (Å²) in [6.45, 7) is 6.32. The number of ketones is 1. The van der Waals surface area contributed by atoms with Crippen LogP contribution < -0.4 is 15.4 Å². The smallest absolute Gasteiger partial charge is 0.171 e. The van der Waals surface area contributed by atoms with E-state index >= 15 is 0 Å². The van der Waals surface area contributed by atoms with Crippen molar-refractivity contribution >= 4 is 34.7 Å². The highest BCUT2D eigenvalue weighted by atomic mass is 35.5. The largest absolute Gasteiger partial charge is 0.492 e. The number of unbranched alkanes of at least 4 members (excludes halogenated alkanes) is 6. The number of thiocarbonyl (C=S) groups is 1. The fraction of sp³-hybridized carbons (Fsp3) is 0.545. The second-order valence-electron chi connectivity index (χ2n) is 7.29. The van der Waals surface area contributed by atoms with Crippen molar-refractivity contribution in [2.75, 3.05) is 6.61 Å². The van der Waals surface area contributed by atoms with Gasteiger partial charge in [0, 0.05) is 11.3 Å². The van der Waals surface area contributed by atoms with Crippen LogP contribution in [0.4, 0.5) is 0 Å². The monoisotopic (exact) mass is 422 g/mol. The van der Waals surface area contributed by atoms with Gasteiger partial charge in [0.05, 0.1) is 17.7 Å². The molecule has 1 unspecified atom stereocenters. The molecule has 154 valence electrons. The number of ether oxygens (including phenoxy) is 1. The summed E-state index contributed by atoms with van der Waals surface area (Å²) in [6.07, 6.45) is 8.72. The summed E-state index contributed by atoms with van der Waals surface area (Å²) in [6, 6.07) is 5.36. The maximum atomic E-state index is 12.1. The van der Waals surface area contributed by atoms with Gasteiger partial charge in [-0.2, -0.15) is 0 Å². The Morgan fingerprint density at radius 2 is 1.86 bits per heavy atom. The van der Waals surface area contributed by atoms with Crippen LogP contribution in [0.15, 0.2) is 29.5 Å². The second-order valence-corrected chi connectivity index (χ2v) is 8.10. The average Bonchev–Trinajstić information content (AvgIpc) is 2.64. The Labute approximate surface area is 179 Å². The number of allylic oxidation sites excluding steroid dienone is 1. The molecule has 2 N–H and O–H groups in total. The minimum Gasteiger partial charge on any atom is -0.492 e. The molecule has 1 heterocycles. The molecule has 1 atom stereocenters. The molecular formula is C22H31ClN2O2S. The van der Waals surface area contributed by atoms with E-state index in [1.54, 1.807) is 6.92 Å². The Balaban J connectivity index is 1.94. The molecule has 0 saturated carbocycles. The quantitative estimate of drug-likeness (QED) is 0.346. The minimum absolute atomic E-state index is 0.000357. The summed E-state index contributed by atoms with van der Waals surface area (Å²) < 4.78 is 5.85. The zero-order valence-corrected chi connectivity index (χ0v) is 18.6. The average molecular weight is 423 g/mol. The lowest BCUT2D eigenvalue weighted by Gasteiger charge is -2.30. The molecule has 28 heavy (non-hydrogen) atoms. The zero-order valence-electron chi connectivity index (χ0n) is 17.1. The Morgan fingerprint density at radius 1 is 1.18 bits per heavy atom. The number of benzene rings is 1. The Bertz CT molecular complexity index is 733. The van der Waals surface area contributed by atoms with Crippen molar-refractivity contribution in [1.82, 2.24) is 10.6 Å². The molecule has 0 fully saturated rings. The molecule has 0 aliphatic carbocycles. The highest BCUT2D eigenvalue weighted by Crippen LogP contribution is 2.33. The topological polar surface area (TPSA) is 50.4 Å². The van der Waals surface area contributed by atoms with Crippen molar-refractivity contribution in [1.29, 1.82) is 0 Å².